The van der Waals surface area contributed by atoms with Crippen LogP contribution in [-0.2, 0) is 0 Å². The van der Waals surface area contributed by atoms with Gasteiger partial charge in [0.2, 0.25) is 0 Å². The van der Waals surface area contributed by atoms with Crippen LogP contribution in [0.25, 0.3) is 0 Å². The van der Waals surface area contributed by atoms with Crippen molar-refractivity contribution in [3.05, 3.63) is 58.9 Å². The summed E-state index contributed by atoms with van der Waals surface area (Å²) in [5.41, 5.74) is 1.04. The molecule has 0 aromatic heterocycles. The highest BCUT2D eigenvalue weighted by Gasteiger charge is 2.25. The Balaban J connectivity index is 1.64. The first-order valence-electron chi connectivity index (χ1n) is 8.31. The number of hydrogen-bond donors (Lipinski definition) is 0. The van der Waals surface area contributed by atoms with E-state index in [4.69, 9.17) is 16.3 Å². The molecule has 1 saturated heterocycles. The minimum Gasteiger partial charge on any atom is -0.494 e. The van der Waals surface area contributed by atoms with Crippen molar-refractivity contribution in [1.29, 1.82) is 0 Å². The van der Waals surface area contributed by atoms with E-state index in [1.807, 2.05) is 31.2 Å². The van der Waals surface area contributed by atoms with Crippen molar-refractivity contribution in [2.45, 2.75) is 6.92 Å². The predicted octanol–water partition coefficient (Wildman–Crippen LogP) is 3.84. The molecule has 1 amide bonds. The standard InChI is InChI=1S/C19H20ClFN2O2/c1-2-25-15-8-6-14(7-9-15)22-10-12-23(13-11-22)19(24)18-16(20)4-3-5-17(18)21/h3-9H,2,10-13H2,1H3. The lowest BCUT2D eigenvalue weighted by Gasteiger charge is -2.36. The minimum atomic E-state index is -0.577. The van der Waals surface area contributed by atoms with E-state index in [0.29, 0.717) is 32.8 Å². The maximum atomic E-state index is 13.9. The molecule has 0 radical (unpaired) electrons. The Morgan fingerprint density at radius 2 is 1.80 bits per heavy atom. The number of hydrogen-bond acceptors (Lipinski definition) is 3. The average Bonchev–Trinajstić information content (AvgIpc) is 2.62. The summed E-state index contributed by atoms with van der Waals surface area (Å²) in [5.74, 6) is -0.0878. The van der Waals surface area contributed by atoms with Crippen molar-refractivity contribution in [3.8, 4) is 5.75 Å². The lowest BCUT2D eigenvalue weighted by molar-refractivity contribution is 0.0742. The van der Waals surface area contributed by atoms with Crippen molar-refractivity contribution in [2.24, 2.45) is 0 Å². The molecule has 1 heterocycles. The van der Waals surface area contributed by atoms with Gasteiger partial charge in [-0.25, -0.2) is 4.39 Å². The van der Waals surface area contributed by atoms with Crippen LogP contribution in [0.1, 0.15) is 17.3 Å². The van der Waals surface area contributed by atoms with E-state index < -0.39 is 5.82 Å². The Hall–Kier alpha value is -2.27. The van der Waals surface area contributed by atoms with Crippen LogP contribution in [-0.4, -0.2) is 43.6 Å². The highest BCUT2D eigenvalue weighted by atomic mass is 35.5. The number of piperazine rings is 1. The SMILES string of the molecule is CCOc1ccc(N2CCN(C(=O)c3c(F)cccc3Cl)CC2)cc1. The number of benzene rings is 2. The molecule has 0 bridgehead atoms. The molecular formula is C19H20ClFN2O2. The third-order valence-corrected chi connectivity index (χ3v) is 4.57. The van der Waals surface area contributed by atoms with E-state index in [-0.39, 0.29) is 16.5 Å². The maximum Gasteiger partial charge on any atom is 0.258 e. The van der Waals surface area contributed by atoms with E-state index in [1.165, 1.54) is 18.2 Å². The zero-order chi connectivity index (χ0) is 17.8. The van der Waals surface area contributed by atoms with Gasteiger partial charge in [-0.05, 0) is 43.3 Å². The van der Waals surface area contributed by atoms with Crippen molar-refractivity contribution in [1.82, 2.24) is 4.90 Å². The van der Waals surface area contributed by atoms with E-state index in [2.05, 4.69) is 4.90 Å². The van der Waals surface area contributed by atoms with Gasteiger partial charge >= 0.3 is 0 Å². The number of carbonyl (C=O) groups is 1. The minimum absolute atomic E-state index is 0.0429. The third kappa shape index (κ3) is 3.87. The van der Waals surface area contributed by atoms with Crippen LogP contribution >= 0.6 is 11.6 Å². The Morgan fingerprint density at radius 3 is 2.40 bits per heavy atom. The van der Waals surface area contributed by atoms with Gasteiger partial charge in [0, 0.05) is 31.9 Å². The fourth-order valence-corrected chi connectivity index (χ4v) is 3.19. The molecule has 0 atom stereocenters. The molecular weight excluding hydrogens is 343 g/mol. The second kappa shape index (κ2) is 7.74. The normalized spacial score (nSPS) is 14.5. The summed E-state index contributed by atoms with van der Waals surface area (Å²) in [7, 11) is 0. The molecule has 0 unspecified atom stereocenters. The topological polar surface area (TPSA) is 32.8 Å². The summed E-state index contributed by atoms with van der Waals surface area (Å²) in [6.45, 7) is 5.01. The summed E-state index contributed by atoms with van der Waals surface area (Å²) in [4.78, 5) is 16.4. The fourth-order valence-electron chi connectivity index (χ4n) is 2.95. The molecule has 1 aliphatic heterocycles. The summed E-state index contributed by atoms with van der Waals surface area (Å²) < 4.78 is 19.4. The second-order valence-electron chi connectivity index (χ2n) is 5.80. The number of nitrogens with zero attached hydrogens (tertiary/aromatic N) is 2. The lowest BCUT2D eigenvalue weighted by Crippen LogP contribution is -2.49. The van der Waals surface area contributed by atoms with Crippen LogP contribution in [0, 0.1) is 5.82 Å². The smallest absolute Gasteiger partial charge is 0.258 e. The van der Waals surface area contributed by atoms with Crippen LogP contribution in [0.4, 0.5) is 10.1 Å². The molecule has 3 rings (SSSR count). The van der Waals surface area contributed by atoms with Gasteiger partial charge in [0.25, 0.3) is 5.91 Å². The number of ether oxygens (including phenoxy) is 1. The Labute approximate surface area is 151 Å². The molecule has 0 N–H and O–H groups in total. The molecule has 4 nitrogen and oxygen atoms in total. The number of halogens is 2. The summed E-state index contributed by atoms with van der Waals surface area (Å²) in [6.07, 6.45) is 0. The molecule has 25 heavy (non-hydrogen) atoms. The zero-order valence-electron chi connectivity index (χ0n) is 14.0. The largest absolute Gasteiger partial charge is 0.494 e. The van der Waals surface area contributed by atoms with Gasteiger partial charge in [-0.15, -0.1) is 0 Å². The van der Waals surface area contributed by atoms with Crippen LogP contribution in [0.2, 0.25) is 5.02 Å². The summed E-state index contributed by atoms with van der Waals surface area (Å²) in [5, 5.41) is 0.152. The quantitative estimate of drug-likeness (QED) is 0.828. The van der Waals surface area contributed by atoms with E-state index in [1.54, 1.807) is 4.90 Å². The lowest BCUT2D eigenvalue weighted by atomic mass is 10.1. The molecule has 1 fully saturated rings. The molecule has 0 saturated carbocycles. The highest BCUT2D eigenvalue weighted by molar-refractivity contribution is 6.33. The van der Waals surface area contributed by atoms with Gasteiger partial charge in [0.1, 0.15) is 11.6 Å². The van der Waals surface area contributed by atoms with Crippen LogP contribution in [0.5, 0.6) is 5.75 Å². The summed E-state index contributed by atoms with van der Waals surface area (Å²) in [6, 6.07) is 12.2. The third-order valence-electron chi connectivity index (χ3n) is 4.26. The summed E-state index contributed by atoms with van der Waals surface area (Å²) >= 11 is 6.00. The van der Waals surface area contributed by atoms with Crippen molar-refractivity contribution in [2.75, 3.05) is 37.7 Å². The highest BCUT2D eigenvalue weighted by Crippen LogP contribution is 2.24. The molecule has 0 spiro atoms. The van der Waals surface area contributed by atoms with Crippen molar-refractivity contribution >= 4 is 23.2 Å². The van der Waals surface area contributed by atoms with Gasteiger partial charge in [-0.1, -0.05) is 17.7 Å². The van der Waals surface area contributed by atoms with Gasteiger partial charge in [-0.3, -0.25) is 4.79 Å². The fraction of sp³-hybridized carbons (Fsp3) is 0.316. The number of rotatable bonds is 4. The first-order chi connectivity index (χ1) is 12.1. The maximum absolute atomic E-state index is 13.9. The number of anilines is 1. The van der Waals surface area contributed by atoms with Gasteiger partial charge < -0.3 is 14.5 Å². The van der Waals surface area contributed by atoms with Crippen LogP contribution in [0.3, 0.4) is 0 Å². The molecule has 2 aromatic carbocycles. The van der Waals surface area contributed by atoms with Gasteiger partial charge in [-0.2, -0.15) is 0 Å². The molecule has 2 aromatic rings. The Kier molecular flexibility index (Phi) is 5.43. The molecule has 0 aliphatic carbocycles. The van der Waals surface area contributed by atoms with Crippen molar-refractivity contribution < 1.29 is 13.9 Å². The van der Waals surface area contributed by atoms with E-state index in [9.17, 15) is 9.18 Å². The molecule has 132 valence electrons. The average molecular weight is 363 g/mol. The predicted molar refractivity (Wildman–Crippen MR) is 97.1 cm³/mol. The van der Waals surface area contributed by atoms with Crippen LogP contribution < -0.4 is 9.64 Å². The van der Waals surface area contributed by atoms with Gasteiger partial charge in [0.15, 0.2) is 0 Å². The Bertz CT molecular complexity index is 723. The zero-order valence-corrected chi connectivity index (χ0v) is 14.8. The van der Waals surface area contributed by atoms with Crippen LogP contribution in [0.15, 0.2) is 42.5 Å². The number of amides is 1. The van der Waals surface area contributed by atoms with E-state index >= 15 is 0 Å². The Morgan fingerprint density at radius 1 is 1.12 bits per heavy atom. The van der Waals surface area contributed by atoms with E-state index in [0.717, 1.165) is 11.4 Å². The molecule has 1 aliphatic rings. The first kappa shape index (κ1) is 17.5. The van der Waals surface area contributed by atoms with Crippen molar-refractivity contribution in [3.63, 3.8) is 0 Å². The van der Waals surface area contributed by atoms with Gasteiger partial charge in [0.05, 0.1) is 17.2 Å². The molecule has 6 heteroatoms. The second-order valence-corrected chi connectivity index (χ2v) is 6.21. The number of carbonyl (C=O) groups excluding carboxylic acids is 1. The first-order valence-corrected chi connectivity index (χ1v) is 8.69. The monoisotopic (exact) mass is 362 g/mol.